The van der Waals surface area contributed by atoms with Crippen LogP contribution in [0.3, 0.4) is 0 Å². The van der Waals surface area contributed by atoms with Crippen molar-refractivity contribution in [3.8, 4) is 17.2 Å². The lowest BCUT2D eigenvalue weighted by Gasteiger charge is -2.29. The number of rotatable bonds is 6. The van der Waals surface area contributed by atoms with Gasteiger partial charge in [-0.05, 0) is 25.3 Å². The Labute approximate surface area is 171 Å². The van der Waals surface area contributed by atoms with Gasteiger partial charge in [-0.25, -0.2) is 9.97 Å². The maximum atomic E-state index is 5.63. The summed E-state index contributed by atoms with van der Waals surface area (Å²) in [5.41, 5.74) is 4.48. The number of nitrogens with zero attached hydrogens (tertiary/aromatic N) is 4. The van der Waals surface area contributed by atoms with E-state index in [0.717, 1.165) is 67.6 Å². The van der Waals surface area contributed by atoms with Gasteiger partial charge in [0.05, 0.1) is 32.7 Å². The summed E-state index contributed by atoms with van der Waals surface area (Å²) in [6, 6.07) is 3.96. The van der Waals surface area contributed by atoms with Gasteiger partial charge in [-0.1, -0.05) is 6.07 Å². The summed E-state index contributed by atoms with van der Waals surface area (Å²) < 4.78 is 16.5. The molecule has 7 nitrogen and oxygen atoms in total. The highest BCUT2D eigenvalue weighted by Crippen LogP contribution is 2.40. The quantitative estimate of drug-likeness (QED) is 0.748. The largest absolute Gasteiger partial charge is 0.493 e. The lowest BCUT2D eigenvalue weighted by molar-refractivity contribution is 0.237. The smallest absolute Gasteiger partial charge is 0.203 e. The zero-order valence-corrected chi connectivity index (χ0v) is 17.4. The van der Waals surface area contributed by atoms with E-state index in [1.165, 1.54) is 18.4 Å². The van der Waals surface area contributed by atoms with E-state index in [9.17, 15) is 0 Å². The second-order valence-electron chi connectivity index (χ2n) is 7.41. The molecule has 2 aliphatic heterocycles. The van der Waals surface area contributed by atoms with E-state index in [4.69, 9.17) is 19.2 Å². The number of hydrogen-bond acceptors (Lipinski definition) is 7. The summed E-state index contributed by atoms with van der Waals surface area (Å²) in [5.74, 6) is 2.84. The topological polar surface area (TPSA) is 69.1 Å². The zero-order valence-electron chi connectivity index (χ0n) is 17.4. The van der Waals surface area contributed by atoms with Crippen LogP contribution in [0.4, 0.5) is 0 Å². The van der Waals surface area contributed by atoms with Crippen LogP contribution >= 0.6 is 0 Å². The van der Waals surface area contributed by atoms with Gasteiger partial charge in [-0.15, -0.1) is 0 Å². The number of hydrogen-bond donors (Lipinski definition) is 0. The van der Waals surface area contributed by atoms with Crippen LogP contribution < -0.4 is 14.2 Å². The minimum atomic E-state index is 0.631. The van der Waals surface area contributed by atoms with Crippen molar-refractivity contribution >= 4 is 5.71 Å². The number of fused-ring (bicyclic) bond motifs is 1. The average Bonchev–Trinajstić information content (AvgIpc) is 2.78. The highest BCUT2D eigenvalue weighted by molar-refractivity contribution is 5.97. The van der Waals surface area contributed by atoms with Crippen LogP contribution in [-0.4, -0.2) is 55.0 Å². The zero-order chi connectivity index (χ0) is 20.2. The third kappa shape index (κ3) is 4.05. The van der Waals surface area contributed by atoms with Crippen molar-refractivity contribution in [2.45, 2.75) is 38.8 Å². The molecule has 0 radical (unpaired) electrons. The predicted molar refractivity (Wildman–Crippen MR) is 111 cm³/mol. The molecule has 154 valence electrons. The minimum Gasteiger partial charge on any atom is -0.493 e. The van der Waals surface area contributed by atoms with E-state index in [0.29, 0.717) is 11.5 Å². The van der Waals surface area contributed by atoms with Gasteiger partial charge in [0.2, 0.25) is 5.75 Å². The molecule has 2 aliphatic rings. The van der Waals surface area contributed by atoms with Crippen LogP contribution in [0.25, 0.3) is 0 Å². The fourth-order valence-electron chi connectivity index (χ4n) is 4.06. The molecule has 0 bridgehead atoms. The minimum absolute atomic E-state index is 0.631. The Kier molecular flexibility index (Phi) is 5.94. The van der Waals surface area contributed by atoms with Crippen molar-refractivity contribution < 1.29 is 14.2 Å². The van der Waals surface area contributed by atoms with Crippen molar-refractivity contribution in [2.75, 3.05) is 34.4 Å². The van der Waals surface area contributed by atoms with Crippen LogP contribution in [0, 0.1) is 0 Å². The fraction of sp³-hybridized carbons (Fsp3) is 0.500. The van der Waals surface area contributed by atoms with E-state index in [1.807, 2.05) is 18.3 Å². The van der Waals surface area contributed by atoms with Crippen molar-refractivity contribution in [1.82, 2.24) is 14.9 Å². The SMILES string of the molecule is COc1ccc(CN2CCc3nc(C4=NCCCC4)ncc3C2)c(OC)c1OC. The van der Waals surface area contributed by atoms with Crippen LogP contribution in [-0.2, 0) is 19.5 Å². The highest BCUT2D eigenvalue weighted by Gasteiger charge is 2.23. The van der Waals surface area contributed by atoms with E-state index in [-0.39, 0.29) is 0 Å². The van der Waals surface area contributed by atoms with Gasteiger partial charge in [0.15, 0.2) is 17.3 Å². The van der Waals surface area contributed by atoms with E-state index in [2.05, 4.69) is 14.9 Å². The van der Waals surface area contributed by atoms with E-state index < -0.39 is 0 Å². The molecule has 2 aromatic rings. The number of methoxy groups -OCH3 is 3. The number of aliphatic imine (C=N–C) groups is 1. The van der Waals surface area contributed by atoms with Crippen LogP contribution in [0.1, 0.15) is 41.9 Å². The van der Waals surface area contributed by atoms with E-state index >= 15 is 0 Å². The summed E-state index contributed by atoms with van der Waals surface area (Å²) in [4.78, 5) is 16.4. The second-order valence-corrected chi connectivity index (χ2v) is 7.41. The molecule has 0 fully saturated rings. The molecule has 0 amide bonds. The third-order valence-corrected chi connectivity index (χ3v) is 5.58. The highest BCUT2D eigenvalue weighted by atomic mass is 16.5. The summed E-state index contributed by atoms with van der Waals surface area (Å²) in [7, 11) is 4.92. The van der Waals surface area contributed by atoms with Crippen molar-refractivity contribution in [2.24, 2.45) is 4.99 Å². The first-order valence-corrected chi connectivity index (χ1v) is 10.1. The molecule has 0 unspecified atom stereocenters. The number of ether oxygens (including phenoxy) is 3. The molecule has 29 heavy (non-hydrogen) atoms. The Morgan fingerprint density at radius 2 is 1.86 bits per heavy atom. The fourth-order valence-corrected chi connectivity index (χ4v) is 4.06. The van der Waals surface area contributed by atoms with Crippen molar-refractivity contribution in [3.63, 3.8) is 0 Å². The molecule has 0 N–H and O–H groups in total. The molecule has 0 saturated carbocycles. The molecule has 0 saturated heterocycles. The molecule has 1 aromatic carbocycles. The summed E-state index contributed by atoms with van der Waals surface area (Å²) in [5, 5.41) is 0. The van der Waals surface area contributed by atoms with Gasteiger partial charge in [0, 0.05) is 49.9 Å². The van der Waals surface area contributed by atoms with Gasteiger partial charge in [-0.3, -0.25) is 9.89 Å². The monoisotopic (exact) mass is 396 g/mol. The molecule has 4 rings (SSSR count). The van der Waals surface area contributed by atoms with E-state index in [1.54, 1.807) is 21.3 Å². The molecule has 1 aromatic heterocycles. The predicted octanol–water partition coefficient (Wildman–Crippen LogP) is 3.03. The first kappa shape index (κ1) is 19.6. The second kappa shape index (κ2) is 8.78. The summed E-state index contributed by atoms with van der Waals surface area (Å²) in [6.07, 6.45) is 6.23. The maximum absolute atomic E-state index is 5.63. The summed E-state index contributed by atoms with van der Waals surface area (Å²) >= 11 is 0. The normalized spacial score (nSPS) is 16.7. The van der Waals surface area contributed by atoms with Gasteiger partial charge in [0.25, 0.3) is 0 Å². The van der Waals surface area contributed by atoms with Gasteiger partial charge < -0.3 is 14.2 Å². The van der Waals surface area contributed by atoms with Gasteiger partial charge in [-0.2, -0.15) is 0 Å². The lowest BCUT2D eigenvalue weighted by atomic mass is 10.0. The molecule has 3 heterocycles. The molecule has 0 spiro atoms. The van der Waals surface area contributed by atoms with Crippen molar-refractivity contribution in [1.29, 1.82) is 0 Å². The lowest BCUT2D eigenvalue weighted by Crippen LogP contribution is -2.31. The van der Waals surface area contributed by atoms with Crippen LogP contribution in [0.15, 0.2) is 23.3 Å². The van der Waals surface area contributed by atoms with Crippen LogP contribution in [0.5, 0.6) is 17.2 Å². The molecule has 0 atom stereocenters. The molecular formula is C22H28N4O3. The number of benzene rings is 1. The average molecular weight is 396 g/mol. The Morgan fingerprint density at radius 3 is 2.59 bits per heavy atom. The molecular weight excluding hydrogens is 368 g/mol. The first-order valence-electron chi connectivity index (χ1n) is 10.1. The van der Waals surface area contributed by atoms with Crippen molar-refractivity contribution in [3.05, 3.63) is 41.0 Å². The Bertz CT molecular complexity index is 913. The van der Waals surface area contributed by atoms with Crippen LogP contribution in [0.2, 0.25) is 0 Å². The Balaban J connectivity index is 1.51. The standard InChI is InChI=1S/C22H28N4O3/c1-27-19-8-7-15(20(28-2)21(19)29-3)13-26-11-9-17-16(14-26)12-24-22(25-17)18-6-4-5-10-23-18/h7-8,12H,4-6,9-11,13-14H2,1-3H3. The Morgan fingerprint density at radius 1 is 1.00 bits per heavy atom. The molecule has 0 aliphatic carbocycles. The molecule has 7 heteroatoms. The number of aromatic nitrogens is 2. The maximum Gasteiger partial charge on any atom is 0.203 e. The van der Waals surface area contributed by atoms with Gasteiger partial charge in [0.1, 0.15) is 0 Å². The third-order valence-electron chi connectivity index (χ3n) is 5.58. The first-order chi connectivity index (χ1) is 14.2. The van der Waals surface area contributed by atoms with Gasteiger partial charge >= 0.3 is 0 Å². The summed E-state index contributed by atoms with van der Waals surface area (Å²) in [6.45, 7) is 3.42. The Hall–Kier alpha value is -2.67.